The number of carbonyl (C=O) groups excluding carboxylic acids is 1. The zero-order valence-corrected chi connectivity index (χ0v) is 15.2. The van der Waals surface area contributed by atoms with Crippen LogP contribution in [0.1, 0.15) is 18.4 Å². The molecule has 1 atom stereocenters. The number of benzene rings is 1. The van der Waals surface area contributed by atoms with Crippen molar-refractivity contribution in [3.63, 3.8) is 0 Å². The second kappa shape index (κ2) is 8.57. The molecule has 0 radical (unpaired) electrons. The molecule has 1 aliphatic heterocycles. The fraction of sp³-hybridized carbons (Fsp3) is 0.421. The van der Waals surface area contributed by atoms with E-state index in [1.807, 2.05) is 24.3 Å². The van der Waals surface area contributed by atoms with E-state index < -0.39 is 11.1 Å². The lowest BCUT2D eigenvalue weighted by Gasteiger charge is -2.32. The second-order valence-electron chi connectivity index (χ2n) is 6.62. The van der Waals surface area contributed by atoms with E-state index in [0.717, 1.165) is 24.3 Å². The lowest BCUT2D eigenvalue weighted by atomic mass is 9.98. The second-order valence-corrected chi connectivity index (χ2v) is 6.62. The normalized spacial score (nSPS) is 16.8. The number of hydrogen-bond acceptors (Lipinski definition) is 5. The summed E-state index contributed by atoms with van der Waals surface area (Å²) in [5.74, 6) is 1.60. The number of piperidine rings is 1. The molecular weight excluding hydrogens is 350 g/mol. The maximum Gasteiger partial charge on any atom is 0.266 e. The topological polar surface area (TPSA) is 104 Å². The molecule has 0 unspecified atom stereocenters. The van der Waals surface area contributed by atoms with Crippen molar-refractivity contribution in [2.45, 2.75) is 19.3 Å². The Labute approximate surface area is 156 Å². The third kappa shape index (κ3) is 4.99. The summed E-state index contributed by atoms with van der Waals surface area (Å²) in [5, 5.41) is 4.44. The van der Waals surface area contributed by atoms with Gasteiger partial charge in [0.05, 0.1) is 20.1 Å². The summed E-state index contributed by atoms with van der Waals surface area (Å²) in [4.78, 5) is 37.3. The van der Waals surface area contributed by atoms with Crippen LogP contribution in [0, 0.1) is 5.92 Å². The Bertz CT molecular complexity index is 887. The number of ether oxygens (including phenoxy) is 2. The standard InChI is InChI=1S/C19H23N3O5/c1-26-15-4-6-16(7-5-15)27-12-13-3-2-8-22(11-13)18(24)10-14-9-17(23)20-21-19(14)25/h4-7,9,13H,2-3,8,10-12H2,1H3,(H,20,23)(H,21,25)/t13-/m1/s1. The van der Waals surface area contributed by atoms with E-state index in [0.29, 0.717) is 19.7 Å². The molecule has 0 aliphatic carbocycles. The van der Waals surface area contributed by atoms with Gasteiger partial charge in [-0.15, -0.1) is 0 Å². The van der Waals surface area contributed by atoms with Crippen molar-refractivity contribution < 1.29 is 14.3 Å². The van der Waals surface area contributed by atoms with Gasteiger partial charge in [-0.2, -0.15) is 0 Å². The van der Waals surface area contributed by atoms with E-state index in [-0.39, 0.29) is 23.8 Å². The number of aromatic amines is 2. The van der Waals surface area contributed by atoms with E-state index in [2.05, 4.69) is 10.2 Å². The first-order chi connectivity index (χ1) is 13.0. The number of likely N-dealkylation sites (tertiary alicyclic amines) is 1. The highest BCUT2D eigenvalue weighted by Gasteiger charge is 2.24. The SMILES string of the molecule is COc1ccc(OC[C@@H]2CCCN(C(=O)Cc3cc(=O)[nH][nH]c3=O)C2)cc1. The van der Waals surface area contributed by atoms with Gasteiger partial charge in [-0.3, -0.25) is 24.6 Å². The van der Waals surface area contributed by atoms with E-state index in [9.17, 15) is 14.4 Å². The highest BCUT2D eigenvalue weighted by atomic mass is 16.5. The van der Waals surface area contributed by atoms with Crippen LogP contribution >= 0.6 is 0 Å². The van der Waals surface area contributed by atoms with Crippen LogP contribution in [0.4, 0.5) is 0 Å². The van der Waals surface area contributed by atoms with Gasteiger partial charge in [0.15, 0.2) is 0 Å². The van der Waals surface area contributed by atoms with Crippen molar-refractivity contribution >= 4 is 5.91 Å². The van der Waals surface area contributed by atoms with Gasteiger partial charge in [0.2, 0.25) is 5.91 Å². The highest BCUT2D eigenvalue weighted by molar-refractivity contribution is 5.78. The van der Waals surface area contributed by atoms with Crippen LogP contribution in [0.15, 0.2) is 39.9 Å². The van der Waals surface area contributed by atoms with Gasteiger partial charge in [0.25, 0.3) is 11.1 Å². The van der Waals surface area contributed by atoms with E-state index in [4.69, 9.17) is 9.47 Å². The first-order valence-corrected chi connectivity index (χ1v) is 8.90. The van der Waals surface area contributed by atoms with Gasteiger partial charge in [-0.05, 0) is 37.1 Å². The minimum atomic E-state index is -0.445. The molecule has 1 saturated heterocycles. The number of amides is 1. The summed E-state index contributed by atoms with van der Waals surface area (Å²) >= 11 is 0. The summed E-state index contributed by atoms with van der Waals surface area (Å²) < 4.78 is 11.0. The molecule has 1 amide bonds. The Hall–Kier alpha value is -3.03. The molecule has 0 saturated carbocycles. The molecule has 1 aliphatic rings. The monoisotopic (exact) mass is 373 g/mol. The van der Waals surface area contributed by atoms with Crippen LogP contribution in [0.25, 0.3) is 0 Å². The first-order valence-electron chi connectivity index (χ1n) is 8.90. The smallest absolute Gasteiger partial charge is 0.266 e. The lowest BCUT2D eigenvalue weighted by molar-refractivity contribution is -0.132. The Kier molecular flexibility index (Phi) is 5.95. The molecule has 0 spiro atoms. The predicted octanol–water partition coefficient (Wildman–Crippen LogP) is 0.932. The maximum absolute atomic E-state index is 12.5. The molecule has 1 fully saturated rings. The number of H-pyrrole nitrogens is 2. The number of carbonyl (C=O) groups is 1. The van der Waals surface area contributed by atoms with Crippen LogP contribution in [-0.2, 0) is 11.2 Å². The quantitative estimate of drug-likeness (QED) is 0.784. The number of rotatable bonds is 6. The van der Waals surface area contributed by atoms with Crippen molar-refractivity contribution in [3.05, 3.63) is 56.6 Å². The molecule has 8 nitrogen and oxygen atoms in total. The van der Waals surface area contributed by atoms with Gasteiger partial charge < -0.3 is 14.4 Å². The van der Waals surface area contributed by atoms with Crippen molar-refractivity contribution in [3.8, 4) is 11.5 Å². The molecule has 8 heteroatoms. The molecule has 3 rings (SSSR count). The van der Waals surface area contributed by atoms with Crippen LogP contribution < -0.4 is 20.6 Å². The van der Waals surface area contributed by atoms with Gasteiger partial charge in [-0.1, -0.05) is 0 Å². The van der Waals surface area contributed by atoms with Crippen LogP contribution in [0.5, 0.6) is 11.5 Å². The average molecular weight is 373 g/mol. The summed E-state index contributed by atoms with van der Waals surface area (Å²) in [6, 6.07) is 8.55. The van der Waals surface area contributed by atoms with E-state index in [1.54, 1.807) is 12.0 Å². The molecule has 2 heterocycles. The zero-order chi connectivity index (χ0) is 19.2. The zero-order valence-electron chi connectivity index (χ0n) is 15.2. The van der Waals surface area contributed by atoms with Crippen LogP contribution in [0.2, 0.25) is 0 Å². The van der Waals surface area contributed by atoms with E-state index in [1.165, 1.54) is 6.07 Å². The number of aromatic nitrogens is 2. The highest BCUT2D eigenvalue weighted by Crippen LogP contribution is 2.21. The van der Waals surface area contributed by atoms with Gasteiger partial charge >= 0.3 is 0 Å². The first kappa shape index (κ1) is 18.8. The molecule has 2 N–H and O–H groups in total. The molecule has 1 aromatic carbocycles. The molecule has 0 bridgehead atoms. The molecule has 2 aromatic rings. The Morgan fingerprint density at radius 3 is 2.67 bits per heavy atom. The lowest BCUT2D eigenvalue weighted by Crippen LogP contribution is -2.43. The maximum atomic E-state index is 12.5. The van der Waals surface area contributed by atoms with Crippen LogP contribution in [0.3, 0.4) is 0 Å². The average Bonchev–Trinajstić information content (AvgIpc) is 2.69. The number of hydrogen-bond donors (Lipinski definition) is 2. The predicted molar refractivity (Wildman–Crippen MR) is 99.2 cm³/mol. The minimum Gasteiger partial charge on any atom is -0.497 e. The summed E-state index contributed by atoms with van der Waals surface area (Å²) in [5.41, 5.74) is -0.693. The molecule has 27 heavy (non-hydrogen) atoms. The minimum absolute atomic E-state index is 0.0781. The summed E-state index contributed by atoms with van der Waals surface area (Å²) in [6.45, 7) is 1.75. The molecule has 144 valence electrons. The summed E-state index contributed by atoms with van der Waals surface area (Å²) in [7, 11) is 1.61. The number of methoxy groups -OCH3 is 1. The van der Waals surface area contributed by atoms with Gasteiger partial charge in [0, 0.05) is 30.6 Å². The Morgan fingerprint density at radius 2 is 1.93 bits per heavy atom. The van der Waals surface area contributed by atoms with Crippen LogP contribution in [-0.4, -0.2) is 47.8 Å². The van der Waals surface area contributed by atoms with E-state index >= 15 is 0 Å². The third-order valence-corrected chi connectivity index (χ3v) is 4.65. The van der Waals surface area contributed by atoms with Gasteiger partial charge in [-0.25, -0.2) is 0 Å². The number of nitrogens with one attached hydrogen (secondary N) is 2. The van der Waals surface area contributed by atoms with Crippen molar-refractivity contribution in [1.29, 1.82) is 0 Å². The third-order valence-electron chi connectivity index (χ3n) is 4.65. The largest absolute Gasteiger partial charge is 0.497 e. The number of nitrogens with zero attached hydrogens (tertiary/aromatic N) is 1. The van der Waals surface area contributed by atoms with Crippen molar-refractivity contribution in [2.24, 2.45) is 5.92 Å². The molecular formula is C19H23N3O5. The summed E-state index contributed by atoms with van der Waals surface area (Å²) in [6.07, 6.45) is 1.78. The Balaban J connectivity index is 1.55. The molecule has 1 aromatic heterocycles. The fourth-order valence-corrected chi connectivity index (χ4v) is 3.18. The van der Waals surface area contributed by atoms with Crippen molar-refractivity contribution in [2.75, 3.05) is 26.8 Å². The fourth-order valence-electron chi connectivity index (χ4n) is 3.18. The Morgan fingerprint density at radius 1 is 1.19 bits per heavy atom. The van der Waals surface area contributed by atoms with Gasteiger partial charge in [0.1, 0.15) is 11.5 Å². The van der Waals surface area contributed by atoms with Crippen molar-refractivity contribution in [1.82, 2.24) is 15.1 Å².